The Bertz CT molecular complexity index is 1590. The first-order valence-corrected chi connectivity index (χ1v) is 14.7. The van der Waals surface area contributed by atoms with E-state index in [9.17, 15) is 13.9 Å². The molecule has 218 valence electrons. The molecule has 7 nitrogen and oxygen atoms in total. The third kappa shape index (κ3) is 7.49. The fourth-order valence-corrected chi connectivity index (χ4v) is 4.94. The van der Waals surface area contributed by atoms with Crippen LogP contribution in [0.3, 0.4) is 0 Å². The van der Waals surface area contributed by atoms with Crippen LogP contribution in [-0.2, 0) is 13.5 Å². The Balaban J connectivity index is 0.00000226. The topological polar surface area (TPSA) is 101 Å². The number of nitrogens with two attached hydrogens (primary N) is 1. The molecule has 1 atom stereocenters. The molecule has 0 aliphatic rings. The predicted molar refractivity (Wildman–Crippen MR) is 167 cm³/mol. The summed E-state index contributed by atoms with van der Waals surface area (Å²) in [7, 11) is 3.56. The summed E-state index contributed by atoms with van der Waals surface area (Å²) in [4.78, 5) is 4.82. The molecule has 0 bridgehead atoms. The van der Waals surface area contributed by atoms with Crippen molar-refractivity contribution < 1.29 is 13.9 Å². The molecule has 2 aromatic carbocycles. The number of pyridine rings is 1. The number of benzene rings is 2. The van der Waals surface area contributed by atoms with Gasteiger partial charge in [0.2, 0.25) is 0 Å². The molecule has 0 fully saturated rings. The Hall–Kier alpha value is -3.36. The Kier molecular flexibility index (Phi) is 10.6. The smallest absolute Gasteiger partial charge is 0.167 e. The minimum Gasteiger partial charge on any atom is -0.386 e. The van der Waals surface area contributed by atoms with Gasteiger partial charge in [-0.1, -0.05) is 49.4 Å². The zero-order valence-electron chi connectivity index (χ0n) is 24.2. The molecule has 4 rings (SSSR count). The van der Waals surface area contributed by atoms with Crippen LogP contribution in [0.4, 0.5) is 20.3 Å². The normalized spacial score (nSPS) is 11.8. The number of aliphatic hydroxyl groups is 1. The van der Waals surface area contributed by atoms with E-state index in [1.165, 1.54) is 24.1 Å². The number of rotatable bonds is 7. The lowest BCUT2D eigenvalue weighted by Gasteiger charge is -2.20. The molecule has 41 heavy (non-hydrogen) atoms. The molecule has 1 unspecified atom stereocenters. The molecule has 11 heteroatoms. The summed E-state index contributed by atoms with van der Waals surface area (Å²) in [6.45, 7) is 7.15. The van der Waals surface area contributed by atoms with Crippen LogP contribution in [0.1, 0.15) is 50.7 Å². The molecule has 0 spiro atoms. The molecular weight excluding hydrogens is 566 g/mol. The van der Waals surface area contributed by atoms with Gasteiger partial charge in [-0.3, -0.25) is 4.68 Å². The SMILES string of the molecule is CC.CNc1cc(-c2ccc(Cl)c3c(NSC)nn(C)c23)c(C(N)Cc2cc(F)cc(F)c2)nc1C#CC(C)(C)O. The summed E-state index contributed by atoms with van der Waals surface area (Å²) < 4.78 is 32.8. The number of aromatic nitrogens is 3. The molecule has 0 aliphatic carbocycles. The zero-order chi connectivity index (χ0) is 30.5. The lowest BCUT2D eigenvalue weighted by Crippen LogP contribution is -2.18. The molecule has 2 heterocycles. The van der Waals surface area contributed by atoms with Crippen molar-refractivity contribution in [1.29, 1.82) is 0 Å². The van der Waals surface area contributed by atoms with Gasteiger partial charge in [-0.25, -0.2) is 13.8 Å². The summed E-state index contributed by atoms with van der Waals surface area (Å²) in [5, 5.41) is 19.2. The Morgan fingerprint density at radius 3 is 2.39 bits per heavy atom. The number of aryl methyl sites for hydroxylation is 1. The highest BCUT2D eigenvalue weighted by molar-refractivity contribution is 7.99. The number of nitrogens with one attached hydrogen (secondary N) is 2. The highest BCUT2D eigenvalue weighted by Crippen LogP contribution is 2.40. The number of halogens is 3. The molecule has 0 saturated carbocycles. The van der Waals surface area contributed by atoms with Crippen molar-refractivity contribution in [1.82, 2.24) is 14.8 Å². The van der Waals surface area contributed by atoms with Crippen LogP contribution in [0, 0.1) is 23.5 Å². The van der Waals surface area contributed by atoms with Crippen molar-refractivity contribution in [2.45, 2.75) is 45.8 Å². The van der Waals surface area contributed by atoms with Gasteiger partial charge in [-0.2, -0.15) is 5.10 Å². The van der Waals surface area contributed by atoms with E-state index >= 15 is 0 Å². The second kappa shape index (κ2) is 13.5. The van der Waals surface area contributed by atoms with E-state index < -0.39 is 23.3 Å². The van der Waals surface area contributed by atoms with Crippen LogP contribution in [0.5, 0.6) is 0 Å². The zero-order valence-corrected chi connectivity index (χ0v) is 25.7. The van der Waals surface area contributed by atoms with Crippen LogP contribution in [0.15, 0.2) is 36.4 Å². The Labute approximate surface area is 249 Å². The first-order valence-electron chi connectivity index (χ1n) is 13.0. The first kappa shape index (κ1) is 32.2. The third-order valence-electron chi connectivity index (χ3n) is 5.96. The minimum atomic E-state index is -1.25. The molecule has 2 aromatic heterocycles. The average Bonchev–Trinajstić information content (AvgIpc) is 3.24. The minimum absolute atomic E-state index is 0.118. The lowest BCUT2D eigenvalue weighted by molar-refractivity contribution is 0.143. The summed E-state index contributed by atoms with van der Waals surface area (Å²) in [6.07, 6.45) is 2.01. The van der Waals surface area contributed by atoms with Gasteiger partial charge in [0.25, 0.3) is 0 Å². The molecule has 4 aromatic rings. The van der Waals surface area contributed by atoms with Gasteiger partial charge in [0.1, 0.15) is 22.9 Å². The van der Waals surface area contributed by atoms with Crippen LogP contribution in [0.2, 0.25) is 5.02 Å². The lowest BCUT2D eigenvalue weighted by atomic mass is 9.93. The molecule has 0 amide bonds. The predicted octanol–water partition coefficient (Wildman–Crippen LogP) is 6.69. The number of hydrogen-bond acceptors (Lipinski definition) is 7. The van der Waals surface area contributed by atoms with E-state index in [1.54, 1.807) is 31.6 Å². The van der Waals surface area contributed by atoms with E-state index in [0.29, 0.717) is 39.0 Å². The highest BCUT2D eigenvalue weighted by atomic mass is 35.5. The van der Waals surface area contributed by atoms with Gasteiger partial charge in [0.05, 0.1) is 33.3 Å². The summed E-state index contributed by atoms with van der Waals surface area (Å²) in [5.41, 5.74) is 9.47. The van der Waals surface area contributed by atoms with E-state index in [0.717, 1.165) is 22.5 Å². The number of anilines is 2. The average molecular weight is 601 g/mol. The van der Waals surface area contributed by atoms with Crippen molar-refractivity contribution in [2.24, 2.45) is 12.8 Å². The quantitative estimate of drug-likeness (QED) is 0.138. The van der Waals surface area contributed by atoms with E-state index in [-0.39, 0.29) is 6.42 Å². The highest BCUT2D eigenvalue weighted by Gasteiger charge is 2.24. The summed E-state index contributed by atoms with van der Waals surface area (Å²) in [6, 6.07) is 8.09. The number of fused-ring (bicyclic) bond motifs is 1. The van der Waals surface area contributed by atoms with Gasteiger partial charge in [-0.15, -0.1) is 0 Å². The van der Waals surface area contributed by atoms with Crippen LogP contribution in [-0.4, -0.2) is 38.8 Å². The number of nitrogens with zero attached hydrogens (tertiary/aromatic N) is 3. The van der Waals surface area contributed by atoms with Crippen molar-refractivity contribution in [3.63, 3.8) is 0 Å². The maximum absolute atomic E-state index is 13.9. The van der Waals surface area contributed by atoms with Crippen LogP contribution >= 0.6 is 23.5 Å². The van der Waals surface area contributed by atoms with Gasteiger partial charge in [-0.05, 0) is 56.0 Å². The fourth-order valence-electron chi connectivity index (χ4n) is 4.37. The Morgan fingerprint density at radius 2 is 1.80 bits per heavy atom. The van der Waals surface area contributed by atoms with Gasteiger partial charge in [0, 0.05) is 37.5 Å². The molecule has 0 aliphatic heterocycles. The molecular formula is C30H35ClF2N6OS. The maximum Gasteiger partial charge on any atom is 0.167 e. The summed E-state index contributed by atoms with van der Waals surface area (Å²) >= 11 is 8.01. The van der Waals surface area contributed by atoms with Crippen molar-refractivity contribution in [2.75, 3.05) is 23.3 Å². The largest absolute Gasteiger partial charge is 0.386 e. The van der Waals surface area contributed by atoms with Gasteiger partial charge >= 0.3 is 0 Å². The molecule has 0 radical (unpaired) electrons. The van der Waals surface area contributed by atoms with Gasteiger partial charge < -0.3 is 20.9 Å². The van der Waals surface area contributed by atoms with E-state index in [4.69, 9.17) is 22.3 Å². The third-order valence-corrected chi connectivity index (χ3v) is 6.68. The number of hydrogen-bond donors (Lipinski definition) is 4. The van der Waals surface area contributed by atoms with Crippen LogP contribution < -0.4 is 15.8 Å². The van der Waals surface area contributed by atoms with Crippen molar-refractivity contribution >= 4 is 46.0 Å². The summed E-state index contributed by atoms with van der Waals surface area (Å²) in [5.74, 6) is 4.97. The van der Waals surface area contributed by atoms with Crippen molar-refractivity contribution in [3.8, 4) is 23.0 Å². The van der Waals surface area contributed by atoms with Crippen LogP contribution in [0.25, 0.3) is 22.0 Å². The monoisotopic (exact) mass is 600 g/mol. The van der Waals surface area contributed by atoms with E-state index in [2.05, 4.69) is 27.0 Å². The van der Waals surface area contributed by atoms with E-state index in [1.807, 2.05) is 39.3 Å². The van der Waals surface area contributed by atoms with Gasteiger partial charge in [0.15, 0.2) is 5.82 Å². The first-order chi connectivity index (χ1) is 19.4. The maximum atomic E-state index is 13.9. The standard InChI is InChI=1S/C28H29ClF2N6OS.C2H6/c1-28(2,38)9-8-22-23(33-3)14-19(25(34-22)21(32)12-15-10-16(30)13-17(31)11-15)18-6-7-20(29)24-26(18)37(4)35-27(24)36-39-5;1-2/h6-7,10-11,13-14,21,33,38H,12,32H2,1-5H3,(H,35,36);1-2H3. The molecule has 5 N–H and O–H groups in total. The fraction of sp³-hybridized carbons (Fsp3) is 0.333. The second-order valence-electron chi connectivity index (χ2n) is 9.56. The van der Waals surface area contributed by atoms with Crippen molar-refractivity contribution in [3.05, 3.63) is 70.0 Å². The molecule has 0 saturated heterocycles. The Morgan fingerprint density at radius 1 is 1.15 bits per heavy atom. The second-order valence-corrected chi connectivity index (χ2v) is 10.6.